The van der Waals surface area contributed by atoms with E-state index in [1.807, 2.05) is 6.08 Å². The molecule has 0 aromatic heterocycles. The molecule has 0 aliphatic carbocycles. The molecule has 0 amide bonds. The van der Waals surface area contributed by atoms with Gasteiger partial charge in [-0.05, 0) is 44.9 Å². The number of rotatable bonds is 8. The van der Waals surface area contributed by atoms with Crippen molar-refractivity contribution >= 4 is 0 Å². The molecule has 0 radical (unpaired) electrons. The van der Waals surface area contributed by atoms with Gasteiger partial charge in [0.25, 0.3) is 0 Å². The molecule has 0 spiro atoms. The average molecular weight is 225 g/mol. The van der Waals surface area contributed by atoms with Crippen LogP contribution in [0.5, 0.6) is 0 Å². The Hall–Kier alpha value is -0.340. The molecule has 1 aliphatic heterocycles. The van der Waals surface area contributed by atoms with Crippen LogP contribution in [-0.2, 0) is 4.74 Å². The first-order valence-electron chi connectivity index (χ1n) is 6.72. The van der Waals surface area contributed by atoms with Gasteiger partial charge in [-0.2, -0.15) is 0 Å². The van der Waals surface area contributed by atoms with Gasteiger partial charge < -0.3 is 10.1 Å². The summed E-state index contributed by atoms with van der Waals surface area (Å²) in [4.78, 5) is 0. The summed E-state index contributed by atoms with van der Waals surface area (Å²) in [6.07, 6.45) is 8.07. The van der Waals surface area contributed by atoms with Crippen molar-refractivity contribution < 1.29 is 4.74 Å². The first-order chi connectivity index (χ1) is 7.77. The van der Waals surface area contributed by atoms with E-state index in [2.05, 4.69) is 25.7 Å². The van der Waals surface area contributed by atoms with Crippen molar-refractivity contribution in [2.24, 2.45) is 5.92 Å². The second-order valence-corrected chi connectivity index (χ2v) is 4.93. The maximum absolute atomic E-state index is 5.47. The van der Waals surface area contributed by atoms with Crippen LogP contribution in [0.3, 0.4) is 0 Å². The normalized spacial score (nSPS) is 24.2. The molecular formula is C14H27NO. The lowest BCUT2D eigenvalue weighted by Gasteiger charge is -2.26. The van der Waals surface area contributed by atoms with E-state index >= 15 is 0 Å². The fourth-order valence-electron chi connectivity index (χ4n) is 2.47. The summed E-state index contributed by atoms with van der Waals surface area (Å²) < 4.78 is 5.47. The van der Waals surface area contributed by atoms with Crippen molar-refractivity contribution in [1.82, 2.24) is 5.32 Å². The zero-order valence-corrected chi connectivity index (χ0v) is 10.9. The number of hydrogen-bond donors (Lipinski definition) is 1. The summed E-state index contributed by atoms with van der Waals surface area (Å²) in [5, 5.41) is 3.75. The number of unbranched alkanes of at least 4 members (excludes halogenated alkanes) is 1. The Morgan fingerprint density at radius 3 is 2.94 bits per heavy atom. The minimum absolute atomic E-state index is 0.616. The van der Waals surface area contributed by atoms with Crippen molar-refractivity contribution in [3.8, 4) is 0 Å². The highest BCUT2D eigenvalue weighted by Gasteiger charge is 2.24. The largest absolute Gasteiger partial charge is 0.381 e. The third-order valence-electron chi connectivity index (χ3n) is 3.52. The standard InChI is InChI=1S/C14H27NO/c1-4-6-7-8-12(3)15-14(5-2)13-9-10-16-11-13/h4,12-15H,1,5-11H2,2-3H3. The van der Waals surface area contributed by atoms with Gasteiger partial charge in [-0.15, -0.1) is 6.58 Å². The zero-order chi connectivity index (χ0) is 11.8. The Morgan fingerprint density at radius 2 is 2.38 bits per heavy atom. The lowest BCUT2D eigenvalue weighted by Crippen LogP contribution is -2.41. The molecule has 3 unspecified atom stereocenters. The first kappa shape index (κ1) is 13.7. The third kappa shape index (κ3) is 4.67. The predicted molar refractivity (Wildman–Crippen MR) is 69.7 cm³/mol. The van der Waals surface area contributed by atoms with E-state index in [-0.39, 0.29) is 0 Å². The molecule has 16 heavy (non-hydrogen) atoms. The molecule has 2 heteroatoms. The van der Waals surface area contributed by atoms with Gasteiger partial charge in [0.1, 0.15) is 0 Å². The monoisotopic (exact) mass is 225 g/mol. The maximum Gasteiger partial charge on any atom is 0.0510 e. The molecule has 1 aliphatic rings. The molecule has 1 fully saturated rings. The molecule has 1 rings (SSSR count). The zero-order valence-electron chi connectivity index (χ0n) is 10.9. The van der Waals surface area contributed by atoms with E-state index in [1.54, 1.807) is 0 Å². The third-order valence-corrected chi connectivity index (χ3v) is 3.52. The van der Waals surface area contributed by atoms with Gasteiger partial charge in [0.05, 0.1) is 6.61 Å². The van der Waals surface area contributed by atoms with E-state index in [1.165, 1.54) is 25.7 Å². The van der Waals surface area contributed by atoms with E-state index in [0.29, 0.717) is 12.1 Å². The Balaban J connectivity index is 2.22. The highest BCUT2D eigenvalue weighted by molar-refractivity contribution is 4.81. The highest BCUT2D eigenvalue weighted by Crippen LogP contribution is 2.19. The smallest absolute Gasteiger partial charge is 0.0510 e. The Bertz CT molecular complexity index is 187. The van der Waals surface area contributed by atoms with Crippen molar-refractivity contribution in [3.05, 3.63) is 12.7 Å². The molecule has 0 aromatic rings. The summed E-state index contributed by atoms with van der Waals surface area (Å²) in [7, 11) is 0. The molecule has 1 saturated heterocycles. The van der Waals surface area contributed by atoms with Crippen molar-refractivity contribution in [2.75, 3.05) is 13.2 Å². The van der Waals surface area contributed by atoms with E-state index in [4.69, 9.17) is 4.74 Å². The van der Waals surface area contributed by atoms with Crippen LogP contribution in [0.25, 0.3) is 0 Å². The minimum atomic E-state index is 0.616. The topological polar surface area (TPSA) is 21.3 Å². The summed E-state index contributed by atoms with van der Waals surface area (Å²) >= 11 is 0. The molecule has 0 aromatic carbocycles. The number of allylic oxidation sites excluding steroid dienone is 1. The van der Waals surface area contributed by atoms with E-state index in [0.717, 1.165) is 25.6 Å². The van der Waals surface area contributed by atoms with Gasteiger partial charge in [-0.25, -0.2) is 0 Å². The van der Waals surface area contributed by atoms with Crippen molar-refractivity contribution in [1.29, 1.82) is 0 Å². The van der Waals surface area contributed by atoms with Gasteiger partial charge in [0, 0.05) is 18.7 Å². The van der Waals surface area contributed by atoms with Crippen LogP contribution in [0.4, 0.5) is 0 Å². The van der Waals surface area contributed by atoms with Crippen LogP contribution in [0, 0.1) is 5.92 Å². The maximum atomic E-state index is 5.47. The van der Waals surface area contributed by atoms with Crippen molar-refractivity contribution in [2.45, 2.75) is 58.0 Å². The SMILES string of the molecule is C=CCCCC(C)NC(CC)C1CCOC1. The lowest BCUT2D eigenvalue weighted by atomic mass is 9.95. The molecular weight excluding hydrogens is 198 g/mol. The molecule has 0 saturated carbocycles. The number of ether oxygens (including phenoxy) is 1. The first-order valence-corrected chi connectivity index (χ1v) is 6.72. The molecule has 1 N–H and O–H groups in total. The van der Waals surface area contributed by atoms with E-state index in [9.17, 15) is 0 Å². The Morgan fingerprint density at radius 1 is 1.56 bits per heavy atom. The van der Waals surface area contributed by atoms with Crippen molar-refractivity contribution in [3.63, 3.8) is 0 Å². The fraction of sp³-hybridized carbons (Fsp3) is 0.857. The van der Waals surface area contributed by atoms with Gasteiger partial charge in [-0.3, -0.25) is 0 Å². The van der Waals surface area contributed by atoms with Crippen LogP contribution in [0.15, 0.2) is 12.7 Å². The second kappa shape index (κ2) is 7.86. The molecule has 1 heterocycles. The average Bonchev–Trinajstić information content (AvgIpc) is 2.79. The minimum Gasteiger partial charge on any atom is -0.381 e. The van der Waals surface area contributed by atoms with Crippen LogP contribution < -0.4 is 5.32 Å². The summed E-state index contributed by atoms with van der Waals surface area (Å²) in [5.74, 6) is 0.729. The molecule has 2 nitrogen and oxygen atoms in total. The number of nitrogens with one attached hydrogen (secondary N) is 1. The summed E-state index contributed by atoms with van der Waals surface area (Å²) in [6.45, 7) is 10.2. The second-order valence-electron chi connectivity index (χ2n) is 4.93. The molecule has 3 atom stereocenters. The quantitative estimate of drug-likeness (QED) is 0.506. The molecule has 94 valence electrons. The van der Waals surface area contributed by atoms with Gasteiger partial charge in [-0.1, -0.05) is 13.0 Å². The Labute approximate surface area is 100 Å². The molecule has 0 bridgehead atoms. The van der Waals surface area contributed by atoms with Crippen LogP contribution in [-0.4, -0.2) is 25.3 Å². The van der Waals surface area contributed by atoms with Gasteiger partial charge in [0.15, 0.2) is 0 Å². The van der Waals surface area contributed by atoms with Crippen LogP contribution in [0.2, 0.25) is 0 Å². The fourth-order valence-corrected chi connectivity index (χ4v) is 2.47. The van der Waals surface area contributed by atoms with Crippen LogP contribution >= 0.6 is 0 Å². The lowest BCUT2D eigenvalue weighted by molar-refractivity contribution is 0.173. The predicted octanol–water partition coefficient (Wildman–Crippen LogP) is 3.14. The Kier molecular flexibility index (Phi) is 6.74. The van der Waals surface area contributed by atoms with Gasteiger partial charge >= 0.3 is 0 Å². The number of hydrogen-bond acceptors (Lipinski definition) is 2. The van der Waals surface area contributed by atoms with E-state index < -0.39 is 0 Å². The highest BCUT2D eigenvalue weighted by atomic mass is 16.5. The summed E-state index contributed by atoms with van der Waals surface area (Å²) in [6, 6.07) is 1.26. The van der Waals surface area contributed by atoms with Crippen LogP contribution in [0.1, 0.15) is 46.0 Å². The van der Waals surface area contributed by atoms with Gasteiger partial charge in [0.2, 0.25) is 0 Å². The summed E-state index contributed by atoms with van der Waals surface area (Å²) in [5.41, 5.74) is 0.